The third kappa shape index (κ3) is 3.37. The second-order valence-corrected chi connectivity index (χ2v) is 7.31. The molecule has 0 radical (unpaired) electrons. The summed E-state index contributed by atoms with van der Waals surface area (Å²) in [6.45, 7) is 5.43. The van der Waals surface area contributed by atoms with Crippen molar-refractivity contribution in [3.05, 3.63) is 69.7 Å². The second kappa shape index (κ2) is 7.34. The van der Waals surface area contributed by atoms with E-state index in [0.717, 1.165) is 11.3 Å². The number of H-pyrrole nitrogens is 1. The SMILES string of the molecule is Cc1cc(-c2cc(C(=O)Nc3cccc(-c4noc(=O)[nH]4)c3)c3c(C)noc3n2)c(C)o1. The molecular weight excluding hydrogens is 414 g/mol. The Balaban J connectivity index is 1.55. The minimum atomic E-state index is -0.658. The van der Waals surface area contributed by atoms with Crippen molar-refractivity contribution in [2.24, 2.45) is 0 Å². The number of carbonyl (C=O) groups excluding carboxylic acids is 1. The van der Waals surface area contributed by atoms with Crippen LogP contribution in [0.25, 0.3) is 33.7 Å². The fourth-order valence-corrected chi connectivity index (χ4v) is 3.59. The average molecular weight is 431 g/mol. The molecule has 160 valence electrons. The third-order valence-electron chi connectivity index (χ3n) is 5.01. The largest absolute Gasteiger partial charge is 0.466 e. The van der Waals surface area contributed by atoms with Crippen LogP contribution < -0.4 is 11.1 Å². The first kappa shape index (κ1) is 19.5. The van der Waals surface area contributed by atoms with E-state index in [1.165, 1.54) is 0 Å². The number of amides is 1. The van der Waals surface area contributed by atoms with E-state index in [2.05, 4.69) is 30.1 Å². The fourth-order valence-electron chi connectivity index (χ4n) is 3.59. The van der Waals surface area contributed by atoms with Crippen LogP contribution in [-0.2, 0) is 0 Å². The quantitative estimate of drug-likeness (QED) is 0.435. The van der Waals surface area contributed by atoms with Crippen LogP contribution in [0.4, 0.5) is 5.69 Å². The first-order valence-electron chi connectivity index (χ1n) is 9.71. The van der Waals surface area contributed by atoms with Gasteiger partial charge >= 0.3 is 5.76 Å². The molecule has 0 saturated carbocycles. The van der Waals surface area contributed by atoms with Crippen LogP contribution >= 0.6 is 0 Å². The Bertz CT molecular complexity index is 1540. The van der Waals surface area contributed by atoms with Crippen molar-refractivity contribution < 1.29 is 18.3 Å². The van der Waals surface area contributed by atoms with Gasteiger partial charge in [0, 0.05) is 16.8 Å². The second-order valence-electron chi connectivity index (χ2n) is 7.31. The summed E-state index contributed by atoms with van der Waals surface area (Å²) in [5.41, 5.74) is 3.58. The van der Waals surface area contributed by atoms with E-state index in [1.54, 1.807) is 37.3 Å². The minimum Gasteiger partial charge on any atom is -0.466 e. The summed E-state index contributed by atoms with van der Waals surface area (Å²) in [6.07, 6.45) is 0. The number of pyridine rings is 1. The lowest BCUT2D eigenvalue weighted by Crippen LogP contribution is -2.13. The molecule has 4 heterocycles. The number of rotatable bonds is 4. The molecule has 0 atom stereocenters. The summed E-state index contributed by atoms with van der Waals surface area (Å²) < 4.78 is 15.5. The Kier molecular flexibility index (Phi) is 4.47. The topological polar surface area (TPSA) is 140 Å². The summed E-state index contributed by atoms with van der Waals surface area (Å²) in [7, 11) is 0. The number of carbonyl (C=O) groups is 1. The number of nitrogens with zero attached hydrogens (tertiary/aromatic N) is 3. The molecule has 10 heteroatoms. The lowest BCUT2D eigenvalue weighted by molar-refractivity contribution is 0.102. The highest BCUT2D eigenvalue weighted by Gasteiger charge is 2.21. The molecule has 0 spiro atoms. The van der Waals surface area contributed by atoms with E-state index in [4.69, 9.17) is 8.94 Å². The van der Waals surface area contributed by atoms with Gasteiger partial charge in [-0.25, -0.2) is 9.78 Å². The minimum absolute atomic E-state index is 0.261. The van der Waals surface area contributed by atoms with Gasteiger partial charge in [-0.05, 0) is 45.0 Å². The maximum Gasteiger partial charge on any atom is 0.439 e. The molecule has 32 heavy (non-hydrogen) atoms. The molecule has 0 aliphatic carbocycles. The highest BCUT2D eigenvalue weighted by Crippen LogP contribution is 2.31. The molecule has 0 fully saturated rings. The molecule has 5 aromatic rings. The molecule has 0 saturated heterocycles. The summed E-state index contributed by atoms with van der Waals surface area (Å²) >= 11 is 0. The van der Waals surface area contributed by atoms with Gasteiger partial charge in [0.25, 0.3) is 11.6 Å². The zero-order chi connectivity index (χ0) is 22.4. The highest BCUT2D eigenvalue weighted by molar-refractivity contribution is 6.13. The van der Waals surface area contributed by atoms with Crippen molar-refractivity contribution in [2.75, 3.05) is 5.32 Å². The van der Waals surface area contributed by atoms with Gasteiger partial charge in [-0.2, -0.15) is 0 Å². The average Bonchev–Trinajstić information content (AvgIpc) is 3.46. The monoisotopic (exact) mass is 431 g/mol. The first-order chi connectivity index (χ1) is 15.4. The Hall–Kier alpha value is -4.47. The molecule has 1 amide bonds. The van der Waals surface area contributed by atoms with E-state index in [1.807, 2.05) is 19.9 Å². The first-order valence-corrected chi connectivity index (χ1v) is 9.71. The van der Waals surface area contributed by atoms with Crippen LogP contribution in [0.15, 0.2) is 54.7 Å². The van der Waals surface area contributed by atoms with E-state index >= 15 is 0 Å². The number of aryl methyl sites for hydroxylation is 3. The van der Waals surface area contributed by atoms with Gasteiger partial charge in [0.05, 0.1) is 22.3 Å². The number of furan rings is 1. The molecule has 10 nitrogen and oxygen atoms in total. The van der Waals surface area contributed by atoms with Gasteiger partial charge in [-0.3, -0.25) is 14.3 Å². The van der Waals surface area contributed by atoms with Crippen molar-refractivity contribution in [3.63, 3.8) is 0 Å². The van der Waals surface area contributed by atoms with Crippen molar-refractivity contribution >= 4 is 22.7 Å². The third-order valence-corrected chi connectivity index (χ3v) is 5.01. The Morgan fingerprint density at radius 3 is 2.62 bits per heavy atom. The number of fused-ring (bicyclic) bond motifs is 1. The zero-order valence-corrected chi connectivity index (χ0v) is 17.3. The number of anilines is 1. The zero-order valence-electron chi connectivity index (χ0n) is 17.3. The number of hydrogen-bond acceptors (Lipinski definition) is 8. The van der Waals surface area contributed by atoms with Crippen LogP contribution in [0.2, 0.25) is 0 Å². The van der Waals surface area contributed by atoms with E-state index in [0.29, 0.717) is 39.3 Å². The van der Waals surface area contributed by atoms with Crippen molar-refractivity contribution in [1.29, 1.82) is 0 Å². The molecule has 4 aromatic heterocycles. The summed E-state index contributed by atoms with van der Waals surface area (Å²) in [6, 6.07) is 10.4. The summed E-state index contributed by atoms with van der Waals surface area (Å²) in [5, 5.41) is 11.0. The lowest BCUT2D eigenvalue weighted by Gasteiger charge is -2.09. The van der Waals surface area contributed by atoms with Gasteiger partial charge in [-0.15, -0.1) is 0 Å². The maximum absolute atomic E-state index is 13.3. The van der Waals surface area contributed by atoms with Gasteiger partial charge < -0.3 is 14.3 Å². The smallest absolute Gasteiger partial charge is 0.439 e. The normalized spacial score (nSPS) is 11.2. The fraction of sp³-hybridized carbons (Fsp3) is 0.136. The maximum atomic E-state index is 13.3. The van der Waals surface area contributed by atoms with Crippen molar-refractivity contribution in [2.45, 2.75) is 20.8 Å². The van der Waals surface area contributed by atoms with Crippen molar-refractivity contribution in [3.8, 4) is 22.6 Å². The number of aromatic nitrogens is 4. The lowest BCUT2D eigenvalue weighted by atomic mass is 10.0. The molecule has 5 rings (SSSR count). The van der Waals surface area contributed by atoms with E-state index in [9.17, 15) is 9.59 Å². The van der Waals surface area contributed by atoms with Gasteiger partial charge in [0.1, 0.15) is 11.5 Å². The van der Waals surface area contributed by atoms with Crippen LogP contribution in [0, 0.1) is 20.8 Å². The van der Waals surface area contributed by atoms with Gasteiger partial charge in [0.15, 0.2) is 5.82 Å². The van der Waals surface area contributed by atoms with Gasteiger partial charge in [-0.1, -0.05) is 22.4 Å². The molecule has 0 unspecified atom stereocenters. The summed E-state index contributed by atoms with van der Waals surface area (Å²) in [4.78, 5) is 31.5. The van der Waals surface area contributed by atoms with Crippen LogP contribution in [0.1, 0.15) is 27.6 Å². The molecule has 0 aliphatic rings. The molecule has 2 N–H and O–H groups in total. The van der Waals surface area contributed by atoms with Crippen LogP contribution in [0.5, 0.6) is 0 Å². The number of benzene rings is 1. The molecule has 0 aliphatic heterocycles. The van der Waals surface area contributed by atoms with E-state index in [-0.39, 0.29) is 17.4 Å². The van der Waals surface area contributed by atoms with E-state index < -0.39 is 5.76 Å². The van der Waals surface area contributed by atoms with Crippen LogP contribution in [0.3, 0.4) is 0 Å². The molecule has 1 aromatic carbocycles. The molecule has 0 bridgehead atoms. The number of aromatic amines is 1. The standard InChI is InChI=1S/C22H17N5O5/c1-10-7-15(12(3)30-10)17-9-16(18-11(2)26-31-21(18)24-17)20(28)23-14-6-4-5-13(8-14)19-25-22(29)32-27-19/h4-9H,1-3H3,(H,23,28)(H,25,27,29). The number of hydrogen-bond donors (Lipinski definition) is 2. The predicted octanol–water partition coefficient (Wildman–Crippen LogP) is 4.00. The highest BCUT2D eigenvalue weighted by atomic mass is 16.5. The Morgan fingerprint density at radius 1 is 1.06 bits per heavy atom. The Labute approximate surface area is 180 Å². The van der Waals surface area contributed by atoms with Crippen LogP contribution in [-0.4, -0.2) is 26.2 Å². The predicted molar refractivity (Wildman–Crippen MR) is 114 cm³/mol. The van der Waals surface area contributed by atoms with Crippen molar-refractivity contribution in [1.82, 2.24) is 20.3 Å². The van der Waals surface area contributed by atoms with Gasteiger partial charge in [0.2, 0.25) is 0 Å². The Morgan fingerprint density at radius 2 is 1.91 bits per heavy atom. The molecular formula is C22H17N5O5. The number of nitrogens with one attached hydrogen (secondary N) is 2. The summed E-state index contributed by atoms with van der Waals surface area (Å²) in [5.74, 6) is 0.663.